The number of nitrogens with zero attached hydrogens (tertiary/aromatic N) is 3. The first-order chi connectivity index (χ1) is 27.6. The van der Waals surface area contributed by atoms with Crippen LogP contribution in [0.1, 0.15) is 113 Å². The monoisotopic (exact) mass is 819 g/mol. The van der Waals surface area contributed by atoms with Crippen LogP contribution in [0, 0.1) is 17.8 Å². The summed E-state index contributed by atoms with van der Waals surface area (Å²) < 4.78 is 11.9. The van der Waals surface area contributed by atoms with Crippen molar-refractivity contribution in [2.45, 2.75) is 149 Å². The van der Waals surface area contributed by atoms with Crippen molar-refractivity contribution in [3.05, 3.63) is 23.8 Å². The Morgan fingerprint density at radius 1 is 0.966 bits per heavy atom. The van der Waals surface area contributed by atoms with Gasteiger partial charge in [-0.15, -0.1) is 0 Å². The van der Waals surface area contributed by atoms with Crippen molar-refractivity contribution in [1.29, 1.82) is 0 Å². The van der Waals surface area contributed by atoms with E-state index in [1.54, 1.807) is 30.9 Å². The van der Waals surface area contributed by atoms with E-state index in [9.17, 15) is 29.1 Å². The van der Waals surface area contributed by atoms with E-state index in [0.29, 0.717) is 25.8 Å². The standard InChI is InChI=1S/C41H70N6O8.C3H8/c1-9-28(4)38(45(6)35(49)26-43-41(53)37(27(2)3)46-22-19-42-20-23-46)33(54-7)25-34(48)47-21-13-16-32(47)39(55-8)29(5)40(52)44-31(24-36(50)51)18-17-30-14-11-10-12-15-30;1-3-2/h11,14-15,27-29,31-33,37-39,42H,9-10,12-13,16-26H2,1-8H3,(H,43,53)(H,44,52)(H,50,51);3H2,1-2H3. The number of amides is 4. The number of nitrogens with one attached hydrogen (secondary N) is 3. The molecule has 2 saturated heterocycles. The zero-order valence-corrected chi connectivity index (χ0v) is 37.4. The van der Waals surface area contributed by atoms with Gasteiger partial charge in [0, 0.05) is 60.0 Å². The Morgan fingerprint density at radius 3 is 2.19 bits per heavy atom. The third-order valence-corrected chi connectivity index (χ3v) is 11.8. The zero-order valence-electron chi connectivity index (χ0n) is 37.4. The highest BCUT2D eigenvalue weighted by Crippen LogP contribution is 2.29. The molecule has 8 unspecified atom stereocenters. The molecule has 8 atom stereocenters. The molecule has 4 amide bonds. The third kappa shape index (κ3) is 15.7. The molecular weight excluding hydrogens is 741 g/mol. The number of rotatable bonds is 22. The van der Waals surface area contributed by atoms with Crippen LogP contribution in [0.25, 0.3) is 0 Å². The van der Waals surface area contributed by atoms with Crippen molar-refractivity contribution >= 4 is 29.6 Å². The van der Waals surface area contributed by atoms with Crippen molar-refractivity contribution in [1.82, 2.24) is 30.7 Å². The van der Waals surface area contributed by atoms with Crippen molar-refractivity contribution in [2.24, 2.45) is 17.8 Å². The van der Waals surface area contributed by atoms with E-state index in [4.69, 9.17) is 9.47 Å². The topological polar surface area (TPSA) is 170 Å². The summed E-state index contributed by atoms with van der Waals surface area (Å²) in [6, 6.07) is -1.68. The first kappa shape index (κ1) is 50.8. The molecule has 14 nitrogen and oxygen atoms in total. The fourth-order valence-corrected chi connectivity index (χ4v) is 8.53. The number of likely N-dealkylation sites (N-methyl/N-ethyl adjacent to an activating group) is 1. The molecule has 2 fully saturated rings. The smallest absolute Gasteiger partial charge is 0.305 e. The Kier molecular flexibility index (Phi) is 23.4. The predicted octanol–water partition coefficient (Wildman–Crippen LogP) is 4.39. The molecule has 0 aromatic heterocycles. The maximum absolute atomic E-state index is 14.1. The molecule has 0 aromatic carbocycles. The van der Waals surface area contributed by atoms with E-state index in [1.165, 1.54) is 13.5 Å². The van der Waals surface area contributed by atoms with Gasteiger partial charge in [-0.05, 0) is 50.4 Å². The highest BCUT2D eigenvalue weighted by Gasteiger charge is 2.42. The second kappa shape index (κ2) is 26.7. The van der Waals surface area contributed by atoms with Crippen LogP contribution in [-0.2, 0) is 33.4 Å². The largest absolute Gasteiger partial charge is 0.481 e. The van der Waals surface area contributed by atoms with Gasteiger partial charge in [0.05, 0.1) is 55.6 Å². The van der Waals surface area contributed by atoms with Crippen LogP contribution < -0.4 is 16.0 Å². The van der Waals surface area contributed by atoms with Crippen molar-refractivity contribution in [3.63, 3.8) is 0 Å². The van der Waals surface area contributed by atoms with Gasteiger partial charge in [0.1, 0.15) is 0 Å². The van der Waals surface area contributed by atoms with Gasteiger partial charge in [0.15, 0.2) is 0 Å². The molecule has 0 bridgehead atoms. The quantitative estimate of drug-likeness (QED) is 0.123. The second-order valence-corrected chi connectivity index (χ2v) is 16.6. The molecule has 58 heavy (non-hydrogen) atoms. The summed E-state index contributed by atoms with van der Waals surface area (Å²) in [4.78, 5) is 72.0. The summed E-state index contributed by atoms with van der Waals surface area (Å²) in [5, 5.41) is 18.8. The maximum atomic E-state index is 14.1. The van der Waals surface area contributed by atoms with E-state index in [-0.39, 0.29) is 66.9 Å². The minimum atomic E-state index is -0.979. The minimum absolute atomic E-state index is 0.0133. The van der Waals surface area contributed by atoms with Crippen LogP contribution in [-0.4, -0.2) is 146 Å². The molecule has 14 heteroatoms. The number of carbonyl (C=O) groups is 5. The molecule has 1 aliphatic carbocycles. The molecule has 4 N–H and O–H groups in total. The average molecular weight is 819 g/mol. The number of methoxy groups -OCH3 is 2. The summed E-state index contributed by atoms with van der Waals surface area (Å²) in [5.41, 5.74) is 1.15. The molecular formula is C44H78N6O8. The minimum Gasteiger partial charge on any atom is -0.481 e. The lowest BCUT2D eigenvalue weighted by Crippen LogP contribution is -2.57. The fraction of sp³-hybridized carbons (Fsp3) is 0.795. The SMILES string of the molecule is CCC.CCC(C)C(C(CC(=O)N1CCCC1C(OC)C(C)C(=O)NC(CCC1=CCCC=C1)CC(=O)O)OC)N(C)C(=O)CNC(=O)C(C(C)C)N1CCNCC1. The van der Waals surface area contributed by atoms with Crippen LogP contribution in [0.2, 0.25) is 0 Å². The molecule has 0 spiro atoms. The van der Waals surface area contributed by atoms with E-state index in [1.807, 2.05) is 27.7 Å². The first-order valence-corrected chi connectivity index (χ1v) is 21.9. The first-order valence-electron chi connectivity index (χ1n) is 21.9. The number of piperazine rings is 1. The van der Waals surface area contributed by atoms with Gasteiger partial charge >= 0.3 is 5.97 Å². The second-order valence-electron chi connectivity index (χ2n) is 16.6. The summed E-state index contributed by atoms with van der Waals surface area (Å²) >= 11 is 0. The summed E-state index contributed by atoms with van der Waals surface area (Å²) in [6.45, 7) is 17.6. The van der Waals surface area contributed by atoms with Crippen molar-refractivity contribution in [2.75, 3.05) is 60.5 Å². The molecule has 2 aliphatic heterocycles. The Morgan fingerprint density at radius 2 is 1.64 bits per heavy atom. The van der Waals surface area contributed by atoms with Gasteiger partial charge in [0.2, 0.25) is 23.6 Å². The van der Waals surface area contributed by atoms with Crippen LogP contribution in [0.3, 0.4) is 0 Å². The summed E-state index contributed by atoms with van der Waals surface area (Å²) in [5.74, 6) is -2.46. The highest BCUT2D eigenvalue weighted by atomic mass is 16.5. The number of carboxylic acid groups (broad SMARTS) is 1. The third-order valence-electron chi connectivity index (χ3n) is 11.8. The number of hydrogen-bond donors (Lipinski definition) is 4. The Balaban J connectivity index is 0.00000374. The molecule has 0 aromatic rings. The molecule has 3 rings (SSSR count). The Labute approximate surface area is 349 Å². The van der Waals surface area contributed by atoms with Crippen LogP contribution in [0.4, 0.5) is 0 Å². The number of allylic oxidation sites excluding steroid dienone is 4. The van der Waals surface area contributed by atoms with Gasteiger partial charge in [-0.3, -0.25) is 28.9 Å². The number of hydrogen-bond acceptors (Lipinski definition) is 9. The van der Waals surface area contributed by atoms with Gasteiger partial charge < -0.3 is 40.3 Å². The number of carbonyl (C=O) groups excluding carboxylic acids is 4. The van der Waals surface area contributed by atoms with Crippen molar-refractivity contribution in [3.8, 4) is 0 Å². The zero-order chi connectivity index (χ0) is 43.4. The summed E-state index contributed by atoms with van der Waals surface area (Å²) in [6.07, 6.45) is 11.4. The Hall–Kier alpha value is -3.33. The predicted molar refractivity (Wildman–Crippen MR) is 228 cm³/mol. The fourth-order valence-electron chi connectivity index (χ4n) is 8.53. The van der Waals surface area contributed by atoms with E-state index in [2.05, 4.69) is 52.9 Å². The van der Waals surface area contributed by atoms with Crippen LogP contribution >= 0.6 is 0 Å². The lowest BCUT2D eigenvalue weighted by molar-refractivity contribution is -0.146. The molecule has 0 radical (unpaired) electrons. The van der Waals surface area contributed by atoms with Crippen LogP contribution in [0.15, 0.2) is 23.8 Å². The average Bonchev–Trinajstić information content (AvgIpc) is 3.69. The normalized spacial score (nSPS) is 20.7. The molecule has 332 valence electrons. The molecule has 0 saturated carbocycles. The lowest BCUT2D eigenvalue weighted by Gasteiger charge is -2.39. The van der Waals surface area contributed by atoms with E-state index < -0.39 is 36.2 Å². The number of carboxylic acids is 1. The number of likely N-dealkylation sites (tertiary alicyclic amines) is 1. The van der Waals surface area contributed by atoms with Gasteiger partial charge in [-0.25, -0.2) is 0 Å². The summed E-state index contributed by atoms with van der Waals surface area (Å²) in [7, 11) is 4.79. The van der Waals surface area contributed by atoms with Gasteiger partial charge in [0.25, 0.3) is 0 Å². The number of ether oxygens (including phenoxy) is 2. The van der Waals surface area contributed by atoms with Gasteiger partial charge in [-0.2, -0.15) is 0 Å². The van der Waals surface area contributed by atoms with Gasteiger partial charge in [-0.1, -0.05) is 85.1 Å². The maximum Gasteiger partial charge on any atom is 0.305 e. The molecule has 3 aliphatic rings. The van der Waals surface area contributed by atoms with Crippen molar-refractivity contribution < 1.29 is 38.6 Å². The number of aliphatic carboxylic acids is 1. The van der Waals surface area contributed by atoms with Crippen LogP contribution in [0.5, 0.6) is 0 Å². The molecule has 2 heterocycles. The Bertz CT molecular complexity index is 1350. The highest BCUT2D eigenvalue weighted by molar-refractivity contribution is 5.88. The van der Waals surface area contributed by atoms with E-state index >= 15 is 0 Å². The van der Waals surface area contributed by atoms with E-state index in [0.717, 1.165) is 57.4 Å². The lowest BCUT2D eigenvalue weighted by atomic mass is 9.90.